The highest BCUT2D eigenvalue weighted by molar-refractivity contribution is 8.03. The lowest BCUT2D eigenvalue weighted by atomic mass is 9.88. The molecule has 0 amide bonds. The van der Waals surface area contributed by atoms with Crippen molar-refractivity contribution in [3.05, 3.63) is 36.0 Å². The summed E-state index contributed by atoms with van der Waals surface area (Å²) in [7, 11) is 2.26. The van der Waals surface area contributed by atoms with Crippen LogP contribution in [0.4, 0.5) is 4.39 Å². The summed E-state index contributed by atoms with van der Waals surface area (Å²) < 4.78 is 12.7. The minimum atomic E-state index is -0.0726. The Morgan fingerprint density at radius 3 is 2.76 bits per heavy atom. The molecule has 0 aromatic carbocycles. The smallest absolute Gasteiger partial charge is 0.0932 e. The van der Waals surface area contributed by atoms with E-state index in [1.807, 2.05) is 11.8 Å². The molecule has 3 heteroatoms. The molecule has 120 valence electrons. The molecule has 2 aliphatic rings. The van der Waals surface area contributed by atoms with Crippen molar-refractivity contribution in [3.63, 3.8) is 0 Å². The van der Waals surface area contributed by atoms with E-state index in [2.05, 4.69) is 38.1 Å². The molecule has 21 heavy (non-hydrogen) atoms. The van der Waals surface area contributed by atoms with Gasteiger partial charge in [0.25, 0.3) is 0 Å². The molecule has 2 fully saturated rings. The molecule has 2 rings (SSSR count). The maximum absolute atomic E-state index is 12.7. The number of hydrogen-bond acceptors (Lipinski definition) is 2. The molecule has 0 saturated carbocycles. The average molecular weight is 312 g/mol. The van der Waals surface area contributed by atoms with Crippen LogP contribution in [0, 0.1) is 11.8 Å². The molecule has 0 spiro atoms. The predicted octanol–water partition coefficient (Wildman–Crippen LogP) is 5.42. The lowest BCUT2D eigenvalue weighted by Crippen LogP contribution is -2.28. The van der Waals surface area contributed by atoms with Gasteiger partial charge in [-0.05, 0) is 69.0 Å². The highest BCUT2D eigenvalue weighted by Crippen LogP contribution is 2.43. The Morgan fingerprint density at radius 1 is 1.48 bits per heavy atom. The Hall–Kier alpha value is -0.540. The number of halogens is 1. The summed E-state index contributed by atoms with van der Waals surface area (Å²) in [6.07, 6.45) is 8.69. The highest BCUT2D eigenvalue weighted by Gasteiger charge is 2.32. The minimum absolute atomic E-state index is 0.0726. The van der Waals surface area contributed by atoms with Crippen molar-refractivity contribution in [2.45, 2.75) is 45.6 Å². The molecule has 2 saturated heterocycles. The second-order valence-electron chi connectivity index (χ2n) is 6.01. The summed E-state index contributed by atoms with van der Waals surface area (Å²) in [5.74, 6) is 2.64. The van der Waals surface area contributed by atoms with Gasteiger partial charge in [-0.25, -0.2) is 4.39 Å². The Morgan fingerprint density at radius 2 is 2.19 bits per heavy atom. The fourth-order valence-corrected chi connectivity index (χ4v) is 4.69. The number of rotatable bonds is 4. The predicted molar refractivity (Wildman–Crippen MR) is 94.2 cm³/mol. The molecule has 0 aromatic rings. The van der Waals surface area contributed by atoms with Crippen LogP contribution in [-0.4, -0.2) is 30.3 Å². The molecular formula is C18H30FNS. The van der Waals surface area contributed by atoms with E-state index in [1.165, 1.54) is 43.4 Å². The van der Waals surface area contributed by atoms with E-state index >= 15 is 0 Å². The fourth-order valence-electron chi connectivity index (χ4n) is 3.19. The van der Waals surface area contributed by atoms with Crippen LogP contribution in [0.3, 0.4) is 0 Å². The molecule has 2 heterocycles. The van der Waals surface area contributed by atoms with Crippen LogP contribution in [0.15, 0.2) is 36.0 Å². The first-order valence-corrected chi connectivity index (χ1v) is 8.92. The van der Waals surface area contributed by atoms with E-state index in [9.17, 15) is 4.39 Å². The van der Waals surface area contributed by atoms with Crippen molar-refractivity contribution in [3.8, 4) is 0 Å². The molecule has 0 N–H and O–H groups in total. The normalized spacial score (nSPS) is 32.3. The molecule has 0 bridgehead atoms. The van der Waals surface area contributed by atoms with Gasteiger partial charge in [-0.2, -0.15) is 0 Å². The first kappa shape index (κ1) is 18.5. The quantitative estimate of drug-likeness (QED) is 0.638. The molecule has 2 aliphatic heterocycles. The maximum Gasteiger partial charge on any atom is 0.0932 e. The third-order valence-corrected chi connectivity index (χ3v) is 6.05. The van der Waals surface area contributed by atoms with Crippen LogP contribution in [-0.2, 0) is 0 Å². The molecule has 0 aliphatic carbocycles. The van der Waals surface area contributed by atoms with Crippen molar-refractivity contribution in [1.82, 2.24) is 4.90 Å². The van der Waals surface area contributed by atoms with Crippen LogP contribution >= 0.6 is 11.8 Å². The Bertz CT molecular complexity index is 373. The summed E-state index contributed by atoms with van der Waals surface area (Å²) in [6, 6.07) is 0.792. The standard InChI is InChI=1S/C16H26FNS.C2H4/c1-12(17)6-4-8-16-13(2)14(11-19-16)10-15-7-5-9-18(15)3;1-2/h6,8,13-15H,4-5,7,9-11H2,1-3H3;1-2H2/b12-6+,16-8+;/t13?,14?,15-;/m1./s1. The number of likely N-dealkylation sites (tertiary alicyclic amines) is 1. The molecule has 3 atom stereocenters. The monoisotopic (exact) mass is 311 g/mol. The van der Waals surface area contributed by atoms with Crippen LogP contribution in [0.1, 0.15) is 39.5 Å². The molecular weight excluding hydrogens is 281 g/mol. The summed E-state index contributed by atoms with van der Waals surface area (Å²) in [5.41, 5.74) is 0. The topological polar surface area (TPSA) is 3.24 Å². The van der Waals surface area contributed by atoms with Gasteiger partial charge in [0.2, 0.25) is 0 Å². The Balaban J connectivity index is 0.00000106. The SMILES string of the molecule is C/C(F)=C\C/C=C1/SCC(C[C@H]2CCCN2C)C1C.C=C. The summed E-state index contributed by atoms with van der Waals surface area (Å²) in [6.45, 7) is 11.1. The van der Waals surface area contributed by atoms with E-state index in [0.29, 0.717) is 5.92 Å². The van der Waals surface area contributed by atoms with Crippen LogP contribution in [0.2, 0.25) is 0 Å². The van der Waals surface area contributed by atoms with Gasteiger partial charge in [0.1, 0.15) is 0 Å². The molecule has 1 nitrogen and oxygen atoms in total. The summed E-state index contributed by atoms with van der Waals surface area (Å²) >= 11 is 1.99. The fraction of sp³-hybridized carbons (Fsp3) is 0.667. The second-order valence-corrected chi connectivity index (χ2v) is 7.10. The van der Waals surface area contributed by atoms with Crippen molar-refractivity contribution in [1.29, 1.82) is 0 Å². The number of allylic oxidation sites excluding steroid dienone is 4. The molecule has 2 unspecified atom stereocenters. The lowest BCUT2D eigenvalue weighted by molar-refractivity contribution is 0.253. The van der Waals surface area contributed by atoms with E-state index in [-0.39, 0.29) is 5.83 Å². The Labute approximate surface area is 134 Å². The summed E-state index contributed by atoms with van der Waals surface area (Å²) in [5, 5.41) is 0. The van der Waals surface area contributed by atoms with E-state index in [1.54, 1.807) is 6.08 Å². The average Bonchev–Trinajstić information content (AvgIpc) is 3.01. The van der Waals surface area contributed by atoms with Crippen LogP contribution < -0.4 is 0 Å². The van der Waals surface area contributed by atoms with Gasteiger partial charge in [-0.15, -0.1) is 24.9 Å². The number of nitrogens with zero attached hydrogens (tertiary/aromatic N) is 1. The highest BCUT2D eigenvalue weighted by atomic mass is 32.2. The van der Waals surface area contributed by atoms with Gasteiger partial charge in [0.05, 0.1) is 5.83 Å². The zero-order chi connectivity index (χ0) is 15.8. The van der Waals surface area contributed by atoms with Gasteiger partial charge in [0, 0.05) is 11.8 Å². The van der Waals surface area contributed by atoms with Gasteiger partial charge in [0.15, 0.2) is 0 Å². The maximum atomic E-state index is 12.7. The first-order valence-electron chi connectivity index (χ1n) is 7.93. The van der Waals surface area contributed by atoms with Crippen molar-refractivity contribution >= 4 is 11.8 Å². The summed E-state index contributed by atoms with van der Waals surface area (Å²) in [4.78, 5) is 4.00. The van der Waals surface area contributed by atoms with Gasteiger partial charge >= 0.3 is 0 Å². The van der Waals surface area contributed by atoms with E-state index < -0.39 is 0 Å². The largest absolute Gasteiger partial charge is 0.303 e. The van der Waals surface area contributed by atoms with Crippen molar-refractivity contribution in [2.75, 3.05) is 19.3 Å². The van der Waals surface area contributed by atoms with Crippen LogP contribution in [0.25, 0.3) is 0 Å². The minimum Gasteiger partial charge on any atom is -0.303 e. The molecule has 0 aromatic heterocycles. The number of thioether (sulfide) groups is 1. The zero-order valence-electron chi connectivity index (χ0n) is 13.8. The van der Waals surface area contributed by atoms with Gasteiger partial charge in [-0.3, -0.25) is 0 Å². The third-order valence-electron chi connectivity index (χ3n) is 4.58. The lowest BCUT2D eigenvalue weighted by Gasteiger charge is -2.24. The zero-order valence-corrected chi connectivity index (χ0v) is 14.6. The second kappa shape index (κ2) is 9.47. The Kier molecular flexibility index (Phi) is 8.35. The van der Waals surface area contributed by atoms with E-state index in [4.69, 9.17) is 0 Å². The first-order chi connectivity index (χ1) is 10.1. The molecule has 0 radical (unpaired) electrons. The van der Waals surface area contributed by atoms with Crippen LogP contribution in [0.5, 0.6) is 0 Å². The van der Waals surface area contributed by atoms with Gasteiger partial charge in [-0.1, -0.05) is 13.0 Å². The third kappa shape index (κ3) is 5.63. The van der Waals surface area contributed by atoms with Gasteiger partial charge < -0.3 is 4.90 Å². The van der Waals surface area contributed by atoms with E-state index in [0.717, 1.165) is 18.4 Å². The van der Waals surface area contributed by atoms with Crippen molar-refractivity contribution < 1.29 is 4.39 Å². The van der Waals surface area contributed by atoms with Crippen molar-refractivity contribution in [2.24, 2.45) is 11.8 Å². The number of hydrogen-bond donors (Lipinski definition) is 0.